The Morgan fingerprint density at radius 2 is 1.76 bits per heavy atom. The Bertz CT molecular complexity index is 1370. The summed E-state index contributed by atoms with van der Waals surface area (Å²) >= 11 is 0. The molecule has 3 aromatic rings. The molecule has 198 valence electrons. The van der Waals surface area contributed by atoms with Gasteiger partial charge in [-0.15, -0.1) is 0 Å². The van der Waals surface area contributed by atoms with Crippen LogP contribution in [0.1, 0.15) is 32.0 Å². The van der Waals surface area contributed by atoms with E-state index in [1.165, 1.54) is 19.1 Å². The normalized spacial score (nSPS) is 15.2. The maximum Gasteiger partial charge on any atom is 0.431 e. The minimum absolute atomic E-state index is 0.0985. The van der Waals surface area contributed by atoms with Gasteiger partial charge in [-0.05, 0) is 45.4 Å². The van der Waals surface area contributed by atoms with Gasteiger partial charge in [-0.1, -0.05) is 12.1 Å². The first-order valence-electron chi connectivity index (χ1n) is 11.5. The average molecular weight is 523 g/mol. The molecular formula is C24H26F4N6O3. The molecule has 9 nitrogen and oxygen atoms in total. The van der Waals surface area contributed by atoms with Gasteiger partial charge < -0.3 is 9.64 Å². The third-order valence-electron chi connectivity index (χ3n) is 5.72. The number of benzene rings is 1. The predicted molar refractivity (Wildman–Crippen MR) is 128 cm³/mol. The number of aryl methyl sites for hydroxylation is 1. The number of nitrogens with one attached hydrogen (secondary N) is 1. The Balaban J connectivity index is 1.72. The van der Waals surface area contributed by atoms with E-state index in [0.717, 1.165) is 18.5 Å². The van der Waals surface area contributed by atoms with E-state index in [1.54, 1.807) is 30.7 Å². The van der Waals surface area contributed by atoms with Crippen LogP contribution in [0.3, 0.4) is 0 Å². The zero-order valence-electron chi connectivity index (χ0n) is 20.7. The third-order valence-corrected chi connectivity index (χ3v) is 5.72. The average Bonchev–Trinajstić information content (AvgIpc) is 2.78. The first-order chi connectivity index (χ1) is 17.3. The van der Waals surface area contributed by atoms with Gasteiger partial charge in [0, 0.05) is 26.2 Å². The number of piperazine rings is 1. The topological polar surface area (TPSA) is 92.6 Å². The molecule has 1 amide bonds. The molecule has 1 N–H and O–H groups in total. The molecule has 0 saturated carbocycles. The summed E-state index contributed by atoms with van der Waals surface area (Å²) in [6.07, 6.45) is -4.49. The van der Waals surface area contributed by atoms with E-state index < -0.39 is 40.6 Å². The number of halogens is 4. The van der Waals surface area contributed by atoms with Crippen molar-refractivity contribution in [2.75, 3.05) is 31.1 Å². The summed E-state index contributed by atoms with van der Waals surface area (Å²) in [6, 6.07) is 4.55. The van der Waals surface area contributed by atoms with Crippen molar-refractivity contribution in [2.45, 2.75) is 39.5 Å². The highest BCUT2D eigenvalue weighted by Gasteiger charge is 2.37. The fourth-order valence-corrected chi connectivity index (χ4v) is 4.16. The number of carbonyl (C=O) groups excluding carboxylic acids is 1. The highest BCUT2D eigenvalue weighted by molar-refractivity contribution is 5.89. The second-order valence-corrected chi connectivity index (χ2v) is 9.62. The molecular weight excluding hydrogens is 496 g/mol. The SMILES string of the molecule is Cc1cccc(F)c1-n1c(C(F)(F)F)cc2c(N3CCN(NC(=O)OC(C)(C)C)CC3)ncnc2c1=O. The molecule has 4 rings (SSSR count). The van der Waals surface area contributed by atoms with Crippen molar-refractivity contribution in [2.24, 2.45) is 0 Å². The minimum Gasteiger partial charge on any atom is -0.443 e. The molecule has 1 aliphatic heterocycles. The summed E-state index contributed by atoms with van der Waals surface area (Å²) in [5.74, 6) is -0.822. The van der Waals surface area contributed by atoms with Gasteiger partial charge in [0.25, 0.3) is 5.56 Å². The highest BCUT2D eigenvalue weighted by atomic mass is 19.4. The lowest BCUT2D eigenvalue weighted by Gasteiger charge is -2.36. The summed E-state index contributed by atoms with van der Waals surface area (Å²) in [6.45, 7) is 7.86. The summed E-state index contributed by atoms with van der Waals surface area (Å²) in [5.41, 5.74) is -1.06. The number of nitrogens with zero attached hydrogens (tertiary/aromatic N) is 5. The van der Waals surface area contributed by atoms with E-state index in [1.807, 2.05) is 0 Å². The lowest BCUT2D eigenvalue weighted by molar-refractivity contribution is -0.142. The standard InChI is InChI=1S/C24H26F4N6O3/c1-14-6-5-7-16(25)19(14)34-17(24(26,27)28)12-15-18(21(34)35)29-13-30-20(15)32-8-10-33(11-9-32)31-22(36)37-23(2,3)4/h5-7,12-13H,8-11H2,1-4H3,(H,31,36). The Labute approximate surface area is 209 Å². The van der Waals surface area contributed by atoms with E-state index in [0.29, 0.717) is 30.7 Å². The molecule has 0 aliphatic carbocycles. The van der Waals surface area contributed by atoms with Crippen LogP contribution in [0.5, 0.6) is 0 Å². The number of hydrogen-bond acceptors (Lipinski definition) is 7. The van der Waals surface area contributed by atoms with Gasteiger partial charge in [-0.3, -0.25) is 14.8 Å². The number of aromatic nitrogens is 3. The molecule has 13 heteroatoms. The molecule has 0 bridgehead atoms. The van der Waals surface area contributed by atoms with Crippen molar-refractivity contribution in [3.8, 4) is 5.69 Å². The number of pyridine rings is 1. The van der Waals surface area contributed by atoms with Crippen LogP contribution in [-0.2, 0) is 10.9 Å². The van der Waals surface area contributed by atoms with Gasteiger partial charge in [-0.25, -0.2) is 24.2 Å². The number of para-hydroxylation sites is 1. The van der Waals surface area contributed by atoms with Crippen molar-refractivity contribution < 1.29 is 27.1 Å². The highest BCUT2D eigenvalue weighted by Crippen LogP contribution is 2.34. The lowest BCUT2D eigenvalue weighted by atomic mass is 10.1. The summed E-state index contributed by atoms with van der Waals surface area (Å²) in [5, 5.41) is 1.53. The molecule has 1 aliphatic rings. The monoisotopic (exact) mass is 522 g/mol. The smallest absolute Gasteiger partial charge is 0.431 e. The summed E-state index contributed by atoms with van der Waals surface area (Å²) in [7, 11) is 0. The summed E-state index contributed by atoms with van der Waals surface area (Å²) < 4.78 is 62.7. The van der Waals surface area contributed by atoms with Crippen molar-refractivity contribution in [3.05, 3.63) is 58.0 Å². The van der Waals surface area contributed by atoms with Crippen LogP contribution in [0.15, 0.2) is 35.4 Å². The molecule has 1 aromatic carbocycles. The Kier molecular flexibility index (Phi) is 6.84. The molecule has 0 radical (unpaired) electrons. The van der Waals surface area contributed by atoms with Crippen LogP contribution in [0, 0.1) is 12.7 Å². The van der Waals surface area contributed by atoms with Crippen LogP contribution < -0.4 is 15.9 Å². The number of ether oxygens (including phenoxy) is 1. The van der Waals surface area contributed by atoms with Crippen LogP contribution in [-0.4, -0.2) is 57.4 Å². The molecule has 1 fully saturated rings. The first kappa shape index (κ1) is 26.3. The molecule has 3 heterocycles. The fraction of sp³-hybridized carbons (Fsp3) is 0.417. The van der Waals surface area contributed by atoms with Crippen LogP contribution in [0.2, 0.25) is 0 Å². The third kappa shape index (κ3) is 5.50. The van der Waals surface area contributed by atoms with E-state index >= 15 is 0 Å². The maximum absolute atomic E-state index is 14.7. The summed E-state index contributed by atoms with van der Waals surface area (Å²) in [4.78, 5) is 35.2. The fourth-order valence-electron chi connectivity index (χ4n) is 4.16. The number of carbonyl (C=O) groups is 1. The van der Waals surface area contributed by atoms with Crippen LogP contribution in [0.4, 0.5) is 28.2 Å². The second-order valence-electron chi connectivity index (χ2n) is 9.62. The number of fused-ring (bicyclic) bond motifs is 1. The molecule has 2 aromatic heterocycles. The minimum atomic E-state index is -4.97. The number of amides is 1. The van der Waals surface area contributed by atoms with Crippen molar-refractivity contribution in [3.63, 3.8) is 0 Å². The number of alkyl halides is 3. The molecule has 1 saturated heterocycles. The molecule has 0 unspecified atom stereocenters. The molecule has 0 atom stereocenters. The zero-order chi connectivity index (χ0) is 27.1. The lowest BCUT2D eigenvalue weighted by Crippen LogP contribution is -2.54. The van der Waals surface area contributed by atoms with E-state index in [9.17, 15) is 27.2 Å². The Morgan fingerprint density at radius 3 is 2.35 bits per heavy atom. The van der Waals surface area contributed by atoms with Gasteiger partial charge >= 0.3 is 12.3 Å². The number of anilines is 1. The first-order valence-corrected chi connectivity index (χ1v) is 11.5. The van der Waals surface area contributed by atoms with Crippen molar-refractivity contribution in [1.82, 2.24) is 25.0 Å². The largest absolute Gasteiger partial charge is 0.443 e. The number of hydrazine groups is 1. The van der Waals surface area contributed by atoms with Gasteiger partial charge in [0.05, 0.1) is 11.1 Å². The zero-order valence-corrected chi connectivity index (χ0v) is 20.7. The van der Waals surface area contributed by atoms with Crippen molar-refractivity contribution in [1.29, 1.82) is 0 Å². The number of rotatable bonds is 3. The van der Waals surface area contributed by atoms with Gasteiger partial charge in [0.2, 0.25) is 0 Å². The predicted octanol–water partition coefficient (Wildman–Crippen LogP) is 3.81. The number of hydrogen-bond donors (Lipinski definition) is 1. The Hall–Kier alpha value is -3.74. The van der Waals surface area contributed by atoms with E-state index in [-0.39, 0.29) is 22.3 Å². The second kappa shape index (κ2) is 9.61. The van der Waals surface area contributed by atoms with Crippen molar-refractivity contribution >= 4 is 22.8 Å². The quantitative estimate of drug-likeness (QED) is 0.523. The maximum atomic E-state index is 14.7. The van der Waals surface area contributed by atoms with Gasteiger partial charge in [0.1, 0.15) is 34.8 Å². The van der Waals surface area contributed by atoms with Crippen LogP contribution in [0.25, 0.3) is 16.6 Å². The van der Waals surface area contributed by atoms with E-state index in [2.05, 4.69) is 15.4 Å². The Morgan fingerprint density at radius 1 is 1.08 bits per heavy atom. The van der Waals surface area contributed by atoms with Gasteiger partial charge in [-0.2, -0.15) is 13.2 Å². The molecule has 37 heavy (non-hydrogen) atoms. The van der Waals surface area contributed by atoms with E-state index in [4.69, 9.17) is 4.74 Å². The van der Waals surface area contributed by atoms with Gasteiger partial charge in [0.15, 0.2) is 0 Å². The molecule has 0 spiro atoms. The van der Waals surface area contributed by atoms with Crippen LogP contribution >= 0.6 is 0 Å².